The SMILES string of the molecule is CC(=O)NC(CC(=O)N1CCCc2cc(S(C)(=O)=O)ccc21)c1ccc(Cl)cc1. The molecule has 2 aromatic carbocycles. The Morgan fingerprint density at radius 3 is 2.48 bits per heavy atom. The number of sulfone groups is 1. The number of anilines is 1. The summed E-state index contributed by atoms with van der Waals surface area (Å²) in [5, 5.41) is 3.41. The molecular weight excluding hydrogens is 412 g/mol. The Morgan fingerprint density at radius 1 is 1.17 bits per heavy atom. The molecule has 2 aromatic rings. The summed E-state index contributed by atoms with van der Waals surface area (Å²) in [5.74, 6) is -0.360. The van der Waals surface area contributed by atoms with Gasteiger partial charge in [-0.3, -0.25) is 9.59 Å². The van der Waals surface area contributed by atoms with Gasteiger partial charge in [0.15, 0.2) is 9.84 Å². The minimum Gasteiger partial charge on any atom is -0.349 e. The molecule has 154 valence electrons. The molecule has 0 radical (unpaired) electrons. The largest absolute Gasteiger partial charge is 0.349 e. The number of rotatable bonds is 5. The van der Waals surface area contributed by atoms with E-state index >= 15 is 0 Å². The highest BCUT2D eigenvalue weighted by Crippen LogP contribution is 2.31. The van der Waals surface area contributed by atoms with Crippen LogP contribution >= 0.6 is 11.6 Å². The number of halogens is 1. The Hall–Kier alpha value is -2.38. The zero-order valence-corrected chi connectivity index (χ0v) is 17.9. The summed E-state index contributed by atoms with van der Waals surface area (Å²) in [7, 11) is -3.31. The molecule has 1 aliphatic heterocycles. The smallest absolute Gasteiger partial charge is 0.229 e. The van der Waals surface area contributed by atoms with Crippen molar-refractivity contribution in [2.75, 3.05) is 17.7 Å². The Labute approximate surface area is 175 Å². The van der Waals surface area contributed by atoms with Crippen molar-refractivity contribution in [1.29, 1.82) is 0 Å². The van der Waals surface area contributed by atoms with E-state index in [1.165, 1.54) is 19.2 Å². The van der Waals surface area contributed by atoms with Gasteiger partial charge in [0.05, 0.1) is 17.4 Å². The summed E-state index contributed by atoms with van der Waals surface area (Å²) < 4.78 is 23.7. The average Bonchev–Trinajstić information content (AvgIpc) is 2.66. The van der Waals surface area contributed by atoms with Gasteiger partial charge in [0.25, 0.3) is 0 Å². The lowest BCUT2D eigenvalue weighted by atomic mass is 9.99. The van der Waals surface area contributed by atoms with Gasteiger partial charge in [0.2, 0.25) is 11.8 Å². The Balaban J connectivity index is 1.86. The minimum atomic E-state index is -3.31. The minimum absolute atomic E-state index is 0.0917. The van der Waals surface area contributed by atoms with Crippen LogP contribution in [0.3, 0.4) is 0 Å². The van der Waals surface area contributed by atoms with Gasteiger partial charge in [0, 0.05) is 30.4 Å². The van der Waals surface area contributed by atoms with E-state index in [0.717, 1.165) is 29.7 Å². The molecule has 29 heavy (non-hydrogen) atoms. The highest BCUT2D eigenvalue weighted by atomic mass is 35.5. The molecule has 3 rings (SSSR count). The van der Waals surface area contributed by atoms with E-state index in [1.807, 2.05) is 0 Å². The Bertz CT molecular complexity index is 1040. The molecule has 0 aliphatic carbocycles. The van der Waals surface area contributed by atoms with E-state index in [2.05, 4.69) is 5.32 Å². The van der Waals surface area contributed by atoms with Crippen molar-refractivity contribution in [3.05, 3.63) is 58.6 Å². The number of benzene rings is 2. The van der Waals surface area contributed by atoms with E-state index in [4.69, 9.17) is 11.6 Å². The van der Waals surface area contributed by atoms with E-state index < -0.39 is 15.9 Å². The van der Waals surface area contributed by atoms with Crippen LogP contribution in [0.2, 0.25) is 5.02 Å². The molecule has 8 heteroatoms. The number of carbonyl (C=O) groups is 2. The fourth-order valence-corrected chi connectivity index (χ4v) is 4.34. The van der Waals surface area contributed by atoms with Crippen LogP contribution in [0.5, 0.6) is 0 Å². The average molecular weight is 435 g/mol. The monoisotopic (exact) mass is 434 g/mol. The van der Waals surface area contributed by atoms with Crippen molar-refractivity contribution in [2.24, 2.45) is 0 Å². The first kappa shape index (κ1) is 21.3. The van der Waals surface area contributed by atoms with Gasteiger partial charge in [-0.25, -0.2) is 8.42 Å². The molecule has 6 nitrogen and oxygen atoms in total. The Kier molecular flexibility index (Phi) is 6.29. The molecule has 0 saturated heterocycles. The predicted octanol–water partition coefficient (Wildman–Crippen LogP) is 3.29. The lowest BCUT2D eigenvalue weighted by molar-refractivity contribution is -0.121. The van der Waals surface area contributed by atoms with Crippen LogP contribution in [0.15, 0.2) is 47.4 Å². The number of nitrogens with one attached hydrogen (secondary N) is 1. The van der Waals surface area contributed by atoms with Crippen molar-refractivity contribution in [3.63, 3.8) is 0 Å². The zero-order valence-electron chi connectivity index (χ0n) is 16.3. The lowest BCUT2D eigenvalue weighted by Crippen LogP contribution is -2.38. The molecule has 1 unspecified atom stereocenters. The number of amides is 2. The van der Waals surface area contributed by atoms with Gasteiger partial charge in [-0.1, -0.05) is 23.7 Å². The maximum absolute atomic E-state index is 13.1. The van der Waals surface area contributed by atoms with E-state index in [9.17, 15) is 18.0 Å². The third-order valence-electron chi connectivity index (χ3n) is 4.93. The van der Waals surface area contributed by atoms with E-state index in [-0.39, 0.29) is 23.1 Å². The highest BCUT2D eigenvalue weighted by molar-refractivity contribution is 7.90. The molecule has 1 atom stereocenters. The first-order chi connectivity index (χ1) is 13.6. The number of carbonyl (C=O) groups excluding carboxylic acids is 2. The molecule has 2 amide bonds. The summed E-state index contributed by atoms with van der Waals surface area (Å²) in [6.07, 6.45) is 2.73. The molecule has 0 bridgehead atoms. The summed E-state index contributed by atoms with van der Waals surface area (Å²) in [6.45, 7) is 1.97. The summed E-state index contributed by atoms with van der Waals surface area (Å²) in [4.78, 5) is 26.7. The van der Waals surface area contributed by atoms with E-state index in [1.54, 1.807) is 41.3 Å². The van der Waals surface area contributed by atoms with Gasteiger partial charge < -0.3 is 10.2 Å². The van der Waals surface area contributed by atoms with Gasteiger partial charge in [-0.05, 0) is 54.3 Å². The second kappa shape index (κ2) is 8.55. The molecule has 1 N–H and O–H groups in total. The van der Waals surface area contributed by atoms with Gasteiger partial charge in [-0.2, -0.15) is 0 Å². The third kappa shape index (κ3) is 5.16. The van der Waals surface area contributed by atoms with Gasteiger partial charge in [-0.15, -0.1) is 0 Å². The number of hydrogen-bond donors (Lipinski definition) is 1. The standard InChI is InChI=1S/C21H23ClN2O4S/c1-14(25)23-19(15-5-7-17(22)8-6-15)13-21(26)24-11-3-4-16-12-18(29(2,27)28)9-10-20(16)24/h5-10,12,19H,3-4,11,13H2,1-2H3,(H,23,25). The normalized spacial score (nSPS) is 14.8. The van der Waals surface area contributed by atoms with Crippen LogP contribution in [-0.4, -0.2) is 33.0 Å². The maximum atomic E-state index is 13.1. The molecule has 1 aliphatic rings. The van der Waals surface area contributed by atoms with Crippen LogP contribution < -0.4 is 10.2 Å². The quantitative estimate of drug-likeness (QED) is 0.782. The second-order valence-electron chi connectivity index (χ2n) is 7.22. The number of fused-ring (bicyclic) bond motifs is 1. The fraction of sp³-hybridized carbons (Fsp3) is 0.333. The van der Waals surface area contributed by atoms with Crippen molar-refractivity contribution in [2.45, 2.75) is 37.1 Å². The van der Waals surface area contributed by atoms with E-state index in [0.29, 0.717) is 11.6 Å². The maximum Gasteiger partial charge on any atom is 0.229 e. The molecule has 0 fully saturated rings. The topological polar surface area (TPSA) is 83.6 Å². The van der Waals surface area contributed by atoms with Crippen molar-refractivity contribution >= 4 is 38.9 Å². The van der Waals surface area contributed by atoms with Crippen LogP contribution in [0.25, 0.3) is 0 Å². The highest BCUT2D eigenvalue weighted by Gasteiger charge is 2.27. The molecule has 0 saturated carbocycles. The molecule has 0 spiro atoms. The second-order valence-corrected chi connectivity index (χ2v) is 9.67. The van der Waals surface area contributed by atoms with Gasteiger partial charge >= 0.3 is 0 Å². The van der Waals surface area contributed by atoms with Crippen LogP contribution in [0.1, 0.15) is 36.9 Å². The number of aryl methyl sites for hydroxylation is 1. The van der Waals surface area contributed by atoms with Crippen molar-refractivity contribution < 1.29 is 18.0 Å². The Morgan fingerprint density at radius 2 is 1.86 bits per heavy atom. The summed E-state index contributed by atoms with van der Waals surface area (Å²) in [5.41, 5.74) is 2.36. The van der Waals surface area contributed by atoms with Crippen molar-refractivity contribution in [3.8, 4) is 0 Å². The predicted molar refractivity (Wildman–Crippen MR) is 113 cm³/mol. The van der Waals surface area contributed by atoms with Crippen molar-refractivity contribution in [1.82, 2.24) is 5.32 Å². The summed E-state index contributed by atoms with van der Waals surface area (Å²) in [6, 6.07) is 11.4. The first-order valence-electron chi connectivity index (χ1n) is 9.31. The molecule has 0 aromatic heterocycles. The summed E-state index contributed by atoms with van der Waals surface area (Å²) >= 11 is 5.95. The third-order valence-corrected chi connectivity index (χ3v) is 6.29. The fourth-order valence-electron chi connectivity index (χ4n) is 3.54. The lowest BCUT2D eigenvalue weighted by Gasteiger charge is -2.31. The van der Waals surface area contributed by atoms with Gasteiger partial charge in [0.1, 0.15) is 0 Å². The molecule has 1 heterocycles. The number of nitrogens with zero attached hydrogens (tertiary/aromatic N) is 1. The van der Waals surface area contributed by atoms with Crippen LogP contribution in [0, 0.1) is 0 Å². The van der Waals surface area contributed by atoms with Crippen LogP contribution in [-0.2, 0) is 25.8 Å². The zero-order chi connectivity index (χ0) is 21.2. The first-order valence-corrected chi connectivity index (χ1v) is 11.6. The number of hydrogen-bond acceptors (Lipinski definition) is 4. The van der Waals surface area contributed by atoms with Crippen LogP contribution in [0.4, 0.5) is 5.69 Å². The molecular formula is C21H23ClN2O4S.